The largest absolute Gasteiger partial charge is 0.495 e. The van der Waals surface area contributed by atoms with Crippen molar-refractivity contribution in [3.63, 3.8) is 0 Å². The molecule has 0 amide bonds. The molecule has 1 aromatic heterocycles. The molecule has 2 heteroatoms. The molecule has 0 N–H and O–H groups in total. The molecule has 0 radical (unpaired) electrons. The van der Waals surface area contributed by atoms with Crippen molar-refractivity contribution in [3.05, 3.63) is 24.0 Å². The predicted molar refractivity (Wildman–Crippen MR) is 77.2 cm³/mol. The summed E-state index contributed by atoms with van der Waals surface area (Å²) in [6, 6.07) is 2.15. The van der Waals surface area contributed by atoms with Crippen LogP contribution in [0, 0.1) is 0 Å². The van der Waals surface area contributed by atoms with E-state index in [0.29, 0.717) is 5.92 Å². The second-order valence-corrected chi connectivity index (χ2v) is 4.99. The second-order valence-electron chi connectivity index (χ2n) is 4.99. The fourth-order valence-electron chi connectivity index (χ4n) is 2.41. The zero-order valence-corrected chi connectivity index (χ0v) is 12.1. The standard InChI is InChI=1S/C16H27NO/c1-4-6-7-8-10-14(9-5-2)15-11-16(18-3)13-17-12-15/h11-14H,4-10H2,1-3H3. The smallest absolute Gasteiger partial charge is 0.137 e. The molecule has 2 nitrogen and oxygen atoms in total. The Morgan fingerprint density at radius 2 is 1.89 bits per heavy atom. The van der Waals surface area contributed by atoms with E-state index in [9.17, 15) is 0 Å². The van der Waals surface area contributed by atoms with Gasteiger partial charge in [0.05, 0.1) is 13.3 Å². The van der Waals surface area contributed by atoms with Gasteiger partial charge in [0.15, 0.2) is 0 Å². The highest BCUT2D eigenvalue weighted by Gasteiger charge is 2.11. The molecule has 18 heavy (non-hydrogen) atoms. The first-order valence-corrected chi connectivity index (χ1v) is 7.30. The third kappa shape index (κ3) is 5.07. The fraction of sp³-hybridized carbons (Fsp3) is 0.688. The van der Waals surface area contributed by atoms with E-state index in [-0.39, 0.29) is 0 Å². The van der Waals surface area contributed by atoms with Crippen molar-refractivity contribution < 1.29 is 4.74 Å². The number of unbranched alkanes of at least 4 members (excludes halogenated alkanes) is 3. The van der Waals surface area contributed by atoms with Crippen LogP contribution in [0.4, 0.5) is 0 Å². The zero-order valence-electron chi connectivity index (χ0n) is 12.1. The number of hydrogen-bond acceptors (Lipinski definition) is 2. The molecule has 0 aliphatic carbocycles. The molecule has 0 aliphatic heterocycles. The van der Waals surface area contributed by atoms with E-state index < -0.39 is 0 Å². The SMILES string of the molecule is CCCCCCC(CCC)c1cncc(OC)c1. The van der Waals surface area contributed by atoms with Crippen LogP contribution in [0.2, 0.25) is 0 Å². The number of hydrogen-bond donors (Lipinski definition) is 0. The second kappa shape index (κ2) is 8.96. The van der Waals surface area contributed by atoms with Crippen molar-refractivity contribution in [1.29, 1.82) is 0 Å². The van der Waals surface area contributed by atoms with Gasteiger partial charge < -0.3 is 4.74 Å². The fourth-order valence-corrected chi connectivity index (χ4v) is 2.41. The topological polar surface area (TPSA) is 22.1 Å². The van der Waals surface area contributed by atoms with E-state index in [4.69, 9.17) is 4.74 Å². The van der Waals surface area contributed by atoms with Crippen LogP contribution in [0.25, 0.3) is 0 Å². The Balaban J connectivity index is 2.58. The number of pyridine rings is 1. The average Bonchev–Trinajstić information content (AvgIpc) is 2.42. The molecular weight excluding hydrogens is 222 g/mol. The maximum absolute atomic E-state index is 5.26. The van der Waals surface area contributed by atoms with Gasteiger partial charge in [0.1, 0.15) is 5.75 Å². The summed E-state index contributed by atoms with van der Waals surface area (Å²) >= 11 is 0. The minimum atomic E-state index is 0.648. The number of ether oxygens (including phenoxy) is 1. The molecule has 1 unspecified atom stereocenters. The van der Waals surface area contributed by atoms with Gasteiger partial charge in [0.25, 0.3) is 0 Å². The molecular formula is C16H27NO. The minimum Gasteiger partial charge on any atom is -0.495 e. The predicted octanol–water partition coefficient (Wildman–Crippen LogP) is 4.94. The molecule has 0 saturated heterocycles. The van der Waals surface area contributed by atoms with E-state index in [1.165, 1.54) is 50.5 Å². The summed E-state index contributed by atoms with van der Waals surface area (Å²) in [6.07, 6.45) is 12.9. The molecule has 0 aromatic carbocycles. The van der Waals surface area contributed by atoms with E-state index in [1.807, 2.05) is 6.20 Å². The van der Waals surface area contributed by atoms with Gasteiger partial charge in [-0.15, -0.1) is 0 Å². The van der Waals surface area contributed by atoms with Crippen LogP contribution < -0.4 is 4.74 Å². The van der Waals surface area contributed by atoms with Crippen LogP contribution in [0.3, 0.4) is 0 Å². The monoisotopic (exact) mass is 249 g/mol. The first-order chi connectivity index (χ1) is 8.81. The van der Waals surface area contributed by atoms with Crippen molar-refractivity contribution in [2.75, 3.05) is 7.11 Å². The van der Waals surface area contributed by atoms with Gasteiger partial charge in [-0.2, -0.15) is 0 Å². The molecule has 0 spiro atoms. The average molecular weight is 249 g/mol. The molecule has 0 aliphatic rings. The highest BCUT2D eigenvalue weighted by Crippen LogP contribution is 2.28. The summed E-state index contributed by atoms with van der Waals surface area (Å²) in [6.45, 7) is 4.52. The maximum Gasteiger partial charge on any atom is 0.137 e. The molecule has 1 heterocycles. The third-order valence-electron chi connectivity index (χ3n) is 3.48. The van der Waals surface area contributed by atoms with Gasteiger partial charge in [-0.25, -0.2) is 0 Å². The summed E-state index contributed by atoms with van der Waals surface area (Å²) in [5.74, 6) is 1.52. The Labute approximate surface area is 112 Å². The Morgan fingerprint density at radius 1 is 1.06 bits per heavy atom. The van der Waals surface area contributed by atoms with Gasteiger partial charge in [0.2, 0.25) is 0 Å². The first kappa shape index (κ1) is 15.0. The highest BCUT2D eigenvalue weighted by atomic mass is 16.5. The Morgan fingerprint density at radius 3 is 2.56 bits per heavy atom. The van der Waals surface area contributed by atoms with E-state index in [0.717, 1.165) is 5.75 Å². The summed E-state index contributed by atoms with van der Waals surface area (Å²) in [4.78, 5) is 4.28. The molecule has 1 atom stereocenters. The van der Waals surface area contributed by atoms with Crippen molar-refractivity contribution in [2.45, 2.75) is 64.7 Å². The first-order valence-electron chi connectivity index (χ1n) is 7.30. The van der Waals surface area contributed by atoms with Gasteiger partial charge in [-0.1, -0.05) is 46.0 Å². The summed E-state index contributed by atoms with van der Waals surface area (Å²) < 4.78 is 5.26. The van der Waals surface area contributed by atoms with Crippen molar-refractivity contribution in [3.8, 4) is 5.75 Å². The lowest BCUT2D eigenvalue weighted by Gasteiger charge is -2.16. The number of aromatic nitrogens is 1. The lowest BCUT2D eigenvalue weighted by molar-refractivity contribution is 0.410. The van der Waals surface area contributed by atoms with Crippen LogP contribution in [0.1, 0.15) is 70.3 Å². The Bertz CT molecular complexity index is 325. The maximum atomic E-state index is 5.26. The van der Waals surface area contributed by atoms with Crippen LogP contribution in [-0.2, 0) is 0 Å². The summed E-state index contributed by atoms with van der Waals surface area (Å²) in [5, 5.41) is 0. The van der Waals surface area contributed by atoms with Crippen LogP contribution in [0.5, 0.6) is 5.75 Å². The van der Waals surface area contributed by atoms with Crippen molar-refractivity contribution in [2.24, 2.45) is 0 Å². The summed E-state index contributed by atoms with van der Waals surface area (Å²) in [5.41, 5.74) is 1.34. The number of methoxy groups -OCH3 is 1. The molecule has 0 bridgehead atoms. The van der Waals surface area contributed by atoms with Crippen molar-refractivity contribution in [1.82, 2.24) is 4.98 Å². The van der Waals surface area contributed by atoms with Crippen LogP contribution >= 0.6 is 0 Å². The molecule has 0 saturated carbocycles. The highest BCUT2D eigenvalue weighted by molar-refractivity contribution is 5.26. The molecule has 1 rings (SSSR count). The Hall–Kier alpha value is -1.05. The van der Waals surface area contributed by atoms with Gasteiger partial charge in [-0.3, -0.25) is 4.98 Å². The van der Waals surface area contributed by atoms with E-state index in [1.54, 1.807) is 13.3 Å². The Kier molecular flexibility index (Phi) is 7.47. The molecule has 1 aromatic rings. The van der Waals surface area contributed by atoms with Gasteiger partial charge in [0, 0.05) is 6.20 Å². The number of nitrogens with zero attached hydrogens (tertiary/aromatic N) is 1. The van der Waals surface area contributed by atoms with E-state index in [2.05, 4.69) is 24.9 Å². The van der Waals surface area contributed by atoms with Crippen LogP contribution in [-0.4, -0.2) is 12.1 Å². The molecule has 0 fully saturated rings. The van der Waals surface area contributed by atoms with Gasteiger partial charge in [-0.05, 0) is 30.4 Å². The third-order valence-corrected chi connectivity index (χ3v) is 3.48. The minimum absolute atomic E-state index is 0.648. The van der Waals surface area contributed by atoms with Crippen molar-refractivity contribution >= 4 is 0 Å². The van der Waals surface area contributed by atoms with E-state index >= 15 is 0 Å². The summed E-state index contributed by atoms with van der Waals surface area (Å²) in [7, 11) is 1.71. The lowest BCUT2D eigenvalue weighted by Crippen LogP contribution is -2.00. The lowest BCUT2D eigenvalue weighted by atomic mass is 9.90. The zero-order chi connectivity index (χ0) is 13.2. The van der Waals surface area contributed by atoms with Crippen LogP contribution in [0.15, 0.2) is 18.5 Å². The normalized spacial score (nSPS) is 12.4. The quantitative estimate of drug-likeness (QED) is 0.578. The molecule has 102 valence electrons. The number of rotatable bonds is 9. The van der Waals surface area contributed by atoms with Gasteiger partial charge >= 0.3 is 0 Å².